The molecule has 0 spiro atoms. The monoisotopic (exact) mass is 287 g/mol. The van der Waals surface area contributed by atoms with E-state index in [-0.39, 0.29) is 5.91 Å². The van der Waals surface area contributed by atoms with Gasteiger partial charge in [-0.2, -0.15) is 0 Å². The Morgan fingerprint density at radius 3 is 2.57 bits per heavy atom. The van der Waals surface area contributed by atoms with Crippen LogP contribution < -0.4 is 11.1 Å². The van der Waals surface area contributed by atoms with Crippen LogP contribution in [-0.2, 0) is 11.2 Å². The SMILES string of the molecule is NC1CC2CCCC(C1)C2NC(=O)CCc1ccncc1. The molecule has 21 heavy (non-hydrogen) atoms. The second kappa shape index (κ2) is 6.56. The van der Waals surface area contributed by atoms with Crippen molar-refractivity contribution in [2.24, 2.45) is 17.6 Å². The summed E-state index contributed by atoms with van der Waals surface area (Å²) in [7, 11) is 0. The first-order valence-corrected chi connectivity index (χ1v) is 8.16. The van der Waals surface area contributed by atoms with Crippen molar-refractivity contribution in [2.45, 2.75) is 57.0 Å². The molecule has 0 aromatic carbocycles. The second-order valence-electron chi connectivity index (χ2n) is 6.63. The predicted octanol–water partition coefficient (Wildman–Crippen LogP) is 2.04. The van der Waals surface area contributed by atoms with Gasteiger partial charge in [-0.3, -0.25) is 9.78 Å². The van der Waals surface area contributed by atoms with Crippen LogP contribution in [0.3, 0.4) is 0 Å². The van der Waals surface area contributed by atoms with Gasteiger partial charge in [0.1, 0.15) is 0 Å². The molecule has 1 amide bonds. The van der Waals surface area contributed by atoms with Gasteiger partial charge in [-0.05, 0) is 61.6 Å². The lowest BCUT2D eigenvalue weighted by atomic mass is 9.67. The number of carbonyl (C=O) groups excluding carboxylic acids is 1. The Labute approximate surface area is 126 Å². The lowest BCUT2D eigenvalue weighted by Gasteiger charge is -2.45. The van der Waals surface area contributed by atoms with Gasteiger partial charge in [0, 0.05) is 30.9 Å². The zero-order valence-electron chi connectivity index (χ0n) is 12.5. The first-order chi connectivity index (χ1) is 10.2. The maximum Gasteiger partial charge on any atom is 0.220 e. The predicted molar refractivity (Wildman–Crippen MR) is 82.5 cm³/mol. The molecular formula is C17H25N3O. The number of rotatable bonds is 4. The Morgan fingerprint density at radius 2 is 1.90 bits per heavy atom. The molecule has 3 rings (SSSR count). The number of aryl methyl sites for hydroxylation is 1. The summed E-state index contributed by atoms with van der Waals surface area (Å²) < 4.78 is 0. The molecule has 2 saturated carbocycles. The molecule has 2 aliphatic rings. The minimum absolute atomic E-state index is 0.184. The zero-order chi connectivity index (χ0) is 14.7. The molecule has 1 aromatic rings. The third-order valence-electron chi connectivity index (χ3n) is 5.09. The third-order valence-corrected chi connectivity index (χ3v) is 5.09. The van der Waals surface area contributed by atoms with E-state index in [0.29, 0.717) is 30.3 Å². The number of hydrogen-bond donors (Lipinski definition) is 2. The molecule has 4 nitrogen and oxygen atoms in total. The van der Waals surface area contributed by atoms with Gasteiger partial charge in [0.05, 0.1) is 0 Å². The van der Waals surface area contributed by atoms with Gasteiger partial charge >= 0.3 is 0 Å². The number of amides is 1. The van der Waals surface area contributed by atoms with Crippen molar-refractivity contribution in [1.29, 1.82) is 0 Å². The molecule has 0 saturated heterocycles. The molecule has 1 aromatic heterocycles. The van der Waals surface area contributed by atoms with Crippen LogP contribution in [0.2, 0.25) is 0 Å². The molecule has 2 aliphatic carbocycles. The van der Waals surface area contributed by atoms with E-state index >= 15 is 0 Å². The third kappa shape index (κ3) is 3.62. The van der Waals surface area contributed by atoms with E-state index in [4.69, 9.17) is 5.73 Å². The topological polar surface area (TPSA) is 68.0 Å². The first-order valence-electron chi connectivity index (χ1n) is 8.16. The van der Waals surface area contributed by atoms with E-state index in [0.717, 1.165) is 19.3 Å². The molecule has 4 heteroatoms. The van der Waals surface area contributed by atoms with Gasteiger partial charge in [-0.15, -0.1) is 0 Å². The summed E-state index contributed by atoms with van der Waals surface area (Å²) in [6, 6.07) is 4.65. The Balaban J connectivity index is 1.52. The molecule has 2 fully saturated rings. The summed E-state index contributed by atoms with van der Waals surface area (Å²) >= 11 is 0. The van der Waals surface area contributed by atoms with E-state index in [1.54, 1.807) is 12.4 Å². The molecular weight excluding hydrogens is 262 g/mol. The van der Waals surface area contributed by atoms with Crippen molar-refractivity contribution < 1.29 is 4.79 Å². The Morgan fingerprint density at radius 1 is 1.24 bits per heavy atom. The molecule has 1 heterocycles. The van der Waals surface area contributed by atoms with E-state index in [9.17, 15) is 4.79 Å². The zero-order valence-corrected chi connectivity index (χ0v) is 12.5. The van der Waals surface area contributed by atoms with Crippen molar-refractivity contribution in [2.75, 3.05) is 0 Å². The number of nitrogens with zero attached hydrogens (tertiary/aromatic N) is 1. The standard InChI is InChI=1S/C17H25N3O/c18-15-10-13-2-1-3-14(11-15)17(13)20-16(21)5-4-12-6-8-19-9-7-12/h6-9,13-15,17H,1-5,10-11,18H2,(H,20,21). The van der Waals surface area contributed by atoms with E-state index in [1.807, 2.05) is 12.1 Å². The van der Waals surface area contributed by atoms with E-state index in [2.05, 4.69) is 10.3 Å². The number of aromatic nitrogens is 1. The Bertz CT molecular complexity index is 462. The summed E-state index contributed by atoms with van der Waals surface area (Å²) in [4.78, 5) is 16.2. The van der Waals surface area contributed by atoms with Gasteiger partial charge in [0.25, 0.3) is 0 Å². The number of fused-ring (bicyclic) bond motifs is 2. The molecule has 0 aliphatic heterocycles. The maximum atomic E-state index is 12.2. The van der Waals surface area contributed by atoms with Gasteiger partial charge in [0.15, 0.2) is 0 Å². The van der Waals surface area contributed by atoms with Crippen LogP contribution in [0.1, 0.15) is 44.1 Å². The molecule has 114 valence electrons. The average Bonchev–Trinajstić information content (AvgIpc) is 2.47. The highest BCUT2D eigenvalue weighted by Crippen LogP contribution is 2.39. The lowest BCUT2D eigenvalue weighted by molar-refractivity contribution is -0.123. The van der Waals surface area contributed by atoms with Crippen LogP contribution in [0.5, 0.6) is 0 Å². The molecule has 2 bridgehead atoms. The largest absolute Gasteiger partial charge is 0.353 e. The minimum Gasteiger partial charge on any atom is -0.353 e. The fourth-order valence-corrected chi connectivity index (χ4v) is 4.09. The smallest absolute Gasteiger partial charge is 0.220 e. The minimum atomic E-state index is 0.184. The van der Waals surface area contributed by atoms with Crippen LogP contribution in [0, 0.1) is 11.8 Å². The molecule has 0 radical (unpaired) electrons. The molecule has 2 atom stereocenters. The highest BCUT2D eigenvalue weighted by molar-refractivity contribution is 5.76. The summed E-state index contributed by atoms with van der Waals surface area (Å²) in [6.07, 6.45) is 10.8. The van der Waals surface area contributed by atoms with Crippen molar-refractivity contribution in [1.82, 2.24) is 10.3 Å². The summed E-state index contributed by atoms with van der Waals surface area (Å²) in [6.45, 7) is 0. The van der Waals surface area contributed by atoms with Gasteiger partial charge < -0.3 is 11.1 Å². The first kappa shape index (κ1) is 14.5. The van der Waals surface area contributed by atoms with Crippen LogP contribution in [0.25, 0.3) is 0 Å². The molecule has 2 unspecified atom stereocenters. The van der Waals surface area contributed by atoms with Crippen molar-refractivity contribution in [3.05, 3.63) is 30.1 Å². The van der Waals surface area contributed by atoms with E-state index < -0.39 is 0 Å². The van der Waals surface area contributed by atoms with Gasteiger partial charge in [0.2, 0.25) is 5.91 Å². The van der Waals surface area contributed by atoms with Gasteiger partial charge in [-0.25, -0.2) is 0 Å². The van der Waals surface area contributed by atoms with E-state index in [1.165, 1.54) is 24.8 Å². The summed E-state index contributed by atoms with van der Waals surface area (Å²) in [5, 5.41) is 3.30. The quantitative estimate of drug-likeness (QED) is 0.890. The summed E-state index contributed by atoms with van der Waals surface area (Å²) in [5.41, 5.74) is 7.31. The number of carbonyl (C=O) groups is 1. The van der Waals surface area contributed by atoms with Crippen LogP contribution >= 0.6 is 0 Å². The normalized spacial score (nSPS) is 31.7. The second-order valence-corrected chi connectivity index (χ2v) is 6.63. The van der Waals surface area contributed by atoms with Crippen LogP contribution in [-0.4, -0.2) is 23.0 Å². The number of pyridine rings is 1. The van der Waals surface area contributed by atoms with Crippen LogP contribution in [0.4, 0.5) is 0 Å². The average molecular weight is 287 g/mol. The fraction of sp³-hybridized carbons (Fsp3) is 0.647. The lowest BCUT2D eigenvalue weighted by Crippen LogP contribution is -2.53. The summed E-state index contributed by atoms with van der Waals surface area (Å²) in [5.74, 6) is 1.37. The Hall–Kier alpha value is -1.42. The van der Waals surface area contributed by atoms with Gasteiger partial charge in [-0.1, -0.05) is 6.42 Å². The van der Waals surface area contributed by atoms with Crippen LogP contribution in [0.15, 0.2) is 24.5 Å². The van der Waals surface area contributed by atoms with Crippen molar-refractivity contribution in [3.8, 4) is 0 Å². The molecule has 3 N–H and O–H groups in total. The Kier molecular flexibility index (Phi) is 4.54. The number of nitrogens with two attached hydrogens (primary N) is 1. The highest BCUT2D eigenvalue weighted by Gasteiger charge is 2.39. The van der Waals surface area contributed by atoms with Crippen molar-refractivity contribution in [3.63, 3.8) is 0 Å². The highest BCUT2D eigenvalue weighted by atomic mass is 16.1. The van der Waals surface area contributed by atoms with Crippen molar-refractivity contribution >= 4 is 5.91 Å². The fourth-order valence-electron chi connectivity index (χ4n) is 4.09. The number of hydrogen-bond acceptors (Lipinski definition) is 3. The maximum absolute atomic E-state index is 12.2. The number of nitrogens with one attached hydrogen (secondary N) is 1.